The van der Waals surface area contributed by atoms with Crippen molar-refractivity contribution in [1.29, 1.82) is 0 Å². The average Bonchev–Trinajstić information content (AvgIpc) is 3.15. The van der Waals surface area contributed by atoms with Gasteiger partial charge in [0, 0.05) is 38.6 Å². The third-order valence-corrected chi connectivity index (χ3v) is 4.91. The number of rotatable bonds is 6. The van der Waals surface area contributed by atoms with Crippen LogP contribution in [-0.4, -0.2) is 35.4 Å². The minimum Gasteiger partial charge on any atom is -0.385 e. The Morgan fingerprint density at radius 1 is 1.50 bits per heavy atom. The van der Waals surface area contributed by atoms with E-state index in [1.165, 1.54) is 6.42 Å². The number of halogens is 1. The predicted molar refractivity (Wildman–Crippen MR) is 86.9 cm³/mol. The first kappa shape index (κ1) is 17.2. The molecule has 3 N–H and O–H groups in total. The van der Waals surface area contributed by atoms with E-state index in [4.69, 9.17) is 10.5 Å². The van der Waals surface area contributed by atoms with Crippen molar-refractivity contribution in [2.24, 2.45) is 23.5 Å². The Balaban J connectivity index is 0.00000176. The fourth-order valence-electron chi connectivity index (χ4n) is 3.86. The number of aromatic nitrogens is 2. The normalized spacial score (nSPS) is 29.4. The zero-order valence-corrected chi connectivity index (χ0v) is 13.7. The molecule has 2 aliphatic carbocycles. The molecule has 0 saturated heterocycles. The SMILES string of the molecule is COCCCn1ccc(NC(=O)C2C3CCC(C3)C2N)n1.Cl. The zero-order chi connectivity index (χ0) is 14.8. The Labute approximate surface area is 137 Å². The van der Waals surface area contributed by atoms with Gasteiger partial charge in [-0.25, -0.2) is 0 Å². The van der Waals surface area contributed by atoms with Gasteiger partial charge >= 0.3 is 0 Å². The van der Waals surface area contributed by atoms with Crippen LogP contribution in [-0.2, 0) is 16.1 Å². The molecular formula is C15H25ClN4O2. The fourth-order valence-corrected chi connectivity index (χ4v) is 3.86. The molecule has 7 heteroatoms. The minimum absolute atomic E-state index is 0. The summed E-state index contributed by atoms with van der Waals surface area (Å²) in [6, 6.07) is 1.86. The number of methoxy groups -OCH3 is 1. The molecule has 3 rings (SSSR count). The Bertz CT molecular complexity index is 505. The molecule has 124 valence electrons. The number of carbonyl (C=O) groups is 1. The number of nitrogens with zero attached hydrogens (tertiary/aromatic N) is 2. The smallest absolute Gasteiger partial charge is 0.230 e. The summed E-state index contributed by atoms with van der Waals surface area (Å²) in [6.07, 6.45) is 6.23. The van der Waals surface area contributed by atoms with Crippen molar-refractivity contribution in [3.63, 3.8) is 0 Å². The lowest BCUT2D eigenvalue weighted by atomic mass is 9.84. The van der Waals surface area contributed by atoms with Crippen LogP contribution in [0.25, 0.3) is 0 Å². The second kappa shape index (κ2) is 7.44. The Morgan fingerprint density at radius 3 is 2.95 bits per heavy atom. The van der Waals surface area contributed by atoms with Gasteiger partial charge in [0.05, 0.1) is 5.92 Å². The first-order valence-electron chi connectivity index (χ1n) is 7.78. The number of carbonyl (C=O) groups excluding carboxylic acids is 1. The summed E-state index contributed by atoms with van der Waals surface area (Å²) in [5.74, 6) is 1.62. The molecule has 0 aromatic carbocycles. The van der Waals surface area contributed by atoms with Crippen molar-refractivity contribution in [1.82, 2.24) is 9.78 Å². The maximum Gasteiger partial charge on any atom is 0.230 e. The minimum atomic E-state index is -0.0395. The maximum absolute atomic E-state index is 12.4. The van der Waals surface area contributed by atoms with Gasteiger partial charge in [0.2, 0.25) is 5.91 Å². The number of fused-ring (bicyclic) bond motifs is 2. The van der Waals surface area contributed by atoms with Crippen LogP contribution in [0.15, 0.2) is 12.3 Å². The third kappa shape index (κ3) is 3.45. The fraction of sp³-hybridized carbons (Fsp3) is 0.733. The molecule has 2 saturated carbocycles. The first-order chi connectivity index (χ1) is 10.2. The van der Waals surface area contributed by atoms with E-state index in [2.05, 4.69) is 10.4 Å². The van der Waals surface area contributed by atoms with Gasteiger partial charge in [-0.05, 0) is 37.5 Å². The molecule has 6 nitrogen and oxygen atoms in total. The summed E-state index contributed by atoms with van der Waals surface area (Å²) in [6.45, 7) is 1.50. The van der Waals surface area contributed by atoms with E-state index in [1.54, 1.807) is 7.11 Å². The quantitative estimate of drug-likeness (QED) is 0.778. The van der Waals surface area contributed by atoms with E-state index in [9.17, 15) is 4.79 Å². The van der Waals surface area contributed by atoms with Gasteiger partial charge in [-0.15, -0.1) is 12.4 Å². The molecule has 22 heavy (non-hydrogen) atoms. The lowest BCUT2D eigenvalue weighted by Gasteiger charge is -2.26. The largest absolute Gasteiger partial charge is 0.385 e. The molecule has 2 bridgehead atoms. The van der Waals surface area contributed by atoms with Crippen molar-refractivity contribution in [3.05, 3.63) is 12.3 Å². The van der Waals surface area contributed by atoms with E-state index in [-0.39, 0.29) is 30.3 Å². The van der Waals surface area contributed by atoms with Crippen LogP contribution in [0.2, 0.25) is 0 Å². The summed E-state index contributed by atoms with van der Waals surface area (Å²) >= 11 is 0. The van der Waals surface area contributed by atoms with Gasteiger partial charge in [-0.1, -0.05) is 0 Å². The lowest BCUT2D eigenvalue weighted by Crippen LogP contribution is -2.42. The van der Waals surface area contributed by atoms with Gasteiger partial charge in [0.15, 0.2) is 5.82 Å². The number of ether oxygens (including phenoxy) is 1. The van der Waals surface area contributed by atoms with Crippen LogP contribution in [0.4, 0.5) is 5.82 Å². The molecule has 1 aromatic heterocycles. The number of hydrogen-bond donors (Lipinski definition) is 2. The molecule has 1 heterocycles. The second-order valence-corrected chi connectivity index (χ2v) is 6.24. The van der Waals surface area contributed by atoms with Crippen molar-refractivity contribution >= 4 is 24.1 Å². The van der Waals surface area contributed by atoms with Gasteiger partial charge < -0.3 is 15.8 Å². The Morgan fingerprint density at radius 2 is 2.27 bits per heavy atom. The second-order valence-electron chi connectivity index (χ2n) is 6.24. The molecule has 2 fully saturated rings. The van der Waals surface area contributed by atoms with Gasteiger partial charge in [0.25, 0.3) is 0 Å². The average molecular weight is 329 g/mol. The van der Waals surface area contributed by atoms with E-state index >= 15 is 0 Å². The lowest BCUT2D eigenvalue weighted by molar-refractivity contribution is -0.121. The van der Waals surface area contributed by atoms with E-state index < -0.39 is 0 Å². The van der Waals surface area contributed by atoms with E-state index in [0.717, 1.165) is 25.8 Å². The molecule has 1 amide bonds. The van der Waals surface area contributed by atoms with E-state index in [1.807, 2.05) is 16.9 Å². The highest BCUT2D eigenvalue weighted by Gasteiger charge is 2.49. The van der Waals surface area contributed by atoms with Crippen LogP contribution in [0, 0.1) is 17.8 Å². The van der Waals surface area contributed by atoms with Crippen LogP contribution < -0.4 is 11.1 Å². The molecular weight excluding hydrogens is 304 g/mol. The molecule has 2 aliphatic rings. The van der Waals surface area contributed by atoms with Crippen LogP contribution in [0.1, 0.15) is 25.7 Å². The molecule has 4 unspecified atom stereocenters. The molecule has 4 atom stereocenters. The topological polar surface area (TPSA) is 82.2 Å². The van der Waals surface area contributed by atoms with Gasteiger partial charge in [0.1, 0.15) is 0 Å². The number of nitrogens with one attached hydrogen (secondary N) is 1. The number of hydrogen-bond acceptors (Lipinski definition) is 4. The maximum atomic E-state index is 12.4. The highest BCUT2D eigenvalue weighted by molar-refractivity contribution is 5.92. The molecule has 0 spiro atoms. The van der Waals surface area contributed by atoms with Crippen LogP contribution in [0.5, 0.6) is 0 Å². The summed E-state index contributed by atoms with van der Waals surface area (Å²) in [5, 5.41) is 7.30. The number of anilines is 1. The molecule has 1 aromatic rings. The molecule has 0 aliphatic heterocycles. The summed E-state index contributed by atoms with van der Waals surface area (Å²) in [4.78, 5) is 12.4. The van der Waals surface area contributed by atoms with Crippen LogP contribution >= 0.6 is 12.4 Å². The van der Waals surface area contributed by atoms with E-state index in [0.29, 0.717) is 24.3 Å². The first-order valence-corrected chi connectivity index (χ1v) is 7.78. The van der Waals surface area contributed by atoms with Crippen molar-refractivity contribution in [2.45, 2.75) is 38.3 Å². The van der Waals surface area contributed by atoms with Gasteiger partial charge in [-0.3, -0.25) is 9.48 Å². The number of aryl methyl sites for hydroxylation is 1. The standard InChI is InChI=1S/C15H24N4O2.ClH/c1-21-8-2-6-19-7-5-12(18-19)17-15(20)13-10-3-4-11(9-10)14(13)16;/h5,7,10-11,13-14H,2-4,6,8-9,16H2,1H3,(H,17,18,20);1H. The Hall–Kier alpha value is -1.11. The highest BCUT2D eigenvalue weighted by Crippen LogP contribution is 2.47. The summed E-state index contributed by atoms with van der Waals surface area (Å²) in [7, 11) is 1.69. The summed E-state index contributed by atoms with van der Waals surface area (Å²) in [5.41, 5.74) is 6.20. The summed E-state index contributed by atoms with van der Waals surface area (Å²) < 4.78 is 6.85. The van der Waals surface area contributed by atoms with Crippen molar-refractivity contribution in [2.75, 3.05) is 19.0 Å². The van der Waals surface area contributed by atoms with Crippen molar-refractivity contribution < 1.29 is 9.53 Å². The third-order valence-electron chi connectivity index (χ3n) is 4.91. The monoisotopic (exact) mass is 328 g/mol. The Kier molecular flexibility index (Phi) is 5.83. The number of amides is 1. The van der Waals surface area contributed by atoms with Crippen molar-refractivity contribution in [3.8, 4) is 0 Å². The van der Waals surface area contributed by atoms with Gasteiger partial charge in [-0.2, -0.15) is 5.10 Å². The molecule has 0 radical (unpaired) electrons. The predicted octanol–water partition coefficient (Wildman–Crippen LogP) is 1.65. The zero-order valence-electron chi connectivity index (χ0n) is 12.9. The van der Waals surface area contributed by atoms with Crippen LogP contribution in [0.3, 0.4) is 0 Å². The number of nitrogens with two attached hydrogens (primary N) is 1. The highest BCUT2D eigenvalue weighted by atomic mass is 35.5.